The van der Waals surface area contributed by atoms with E-state index in [1.54, 1.807) is 0 Å². The molecular weight excluding hydrogens is 262 g/mol. The summed E-state index contributed by atoms with van der Waals surface area (Å²) in [6.07, 6.45) is 3.98. The van der Waals surface area contributed by atoms with Gasteiger partial charge in [-0.3, -0.25) is 9.69 Å². The third-order valence-corrected chi connectivity index (χ3v) is 4.22. The quantitative estimate of drug-likeness (QED) is 0.874. The second kappa shape index (κ2) is 6.06. The lowest BCUT2D eigenvalue weighted by molar-refractivity contribution is 0.0943. The van der Waals surface area contributed by atoms with Crippen molar-refractivity contribution in [2.45, 2.75) is 51.2 Å². The molecule has 1 aromatic carbocycles. The Morgan fingerprint density at radius 2 is 1.90 bits per heavy atom. The number of benzene rings is 1. The Morgan fingerprint density at radius 1 is 1.19 bits per heavy atom. The average Bonchev–Trinajstić information content (AvgIpc) is 3.20. The van der Waals surface area contributed by atoms with Crippen LogP contribution in [0.1, 0.15) is 43.5 Å². The highest BCUT2D eigenvalue weighted by molar-refractivity contribution is 5.94. The molecule has 3 rings (SSSR count). The Hall–Kier alpha value is -1.55. The molecule has 1 unspecified atom stereocenters. The standard InChI is InChI=1S/C17H25N3O/c1-12(2)18-17(21)13-3-5-14(6-4-13)19-15-9-10-20(11-15)16-7-8-16/h3-6,12,15-16,19H,7-11H2,1-2H3,(H,18,21). The van der Waals surface area contributed by atoms with Gasteiger partial charge in [0.2, 0.25) is 0 Å². The molecule has 1 amide bonds. The first-order valence-electron chi connectivity index (χ1n) is 8.03. The van der Waals surface area contributed by atoms with Crippen molar-refractivity contribution >= 4 is 11.6 Å². The maximum absolute atomic E-state index is 11.9. The lowest BCUT2D eigenvalue weighted by Gasteiger charge is -2.17. The number of hydrogen-bond acceptors (Lipinski definition) is 3. The summed E-state index contributed by atoms with van der Waals surface area (Å²) in [4.78, 5) is 14.5. The number of carbonyl (C=O) groups is 1. The lowest BCUT2D eigenvalue weighted by Crippen LogP contribution is -2.30. The molecule has 0 aromatic heterocycles. The van der Waals surface area contributed by atoms with Gasteiger partial charge in [-0.05, 0) is 57.4 Å². The smallest absolute Gasteiger partial charge is 0.251 e. The summed E-state index contributed by atoms with van der Waals surface area (Å²) in [6.45, 7) is 6.32. The Bertz CT molecular complexity index is 493. The minimum absolute atomic E-state index is 0.00248. The predicted octanol–water partition coefficient (Wildman–Crippen LogP) is 2.47. The van der Waals surface area contributed by atoms with Crippen LogP contribution < -0.4 is 10.6 Å². The maximum Gasteiger partial charge on any atom is 0.251 e. The van der Waals surface area contributed by atoms with E-state index in [1.165, 1.54) is 25.8 Å². The summed E-state index contributed by atoms with van der Waals surface area (Å²) >= 11 is 0. The number of anilines is 1. The highest BCUT2D eigenvalue weighted by atomic mass is 16.1. The third kappa shape index (κ3) is 3.76. The number of nitrogens with one attached hydrogen (secondary N) is 2. The molecule has 1 aliphatic carbocycles. The molecule has 1 heterocycles. The molecule has 1 atom stereocenters. The van der Waals surface area contributed by atoms with E-state index in [4.69, 9.17) is 0 Å². The van der Waals surface area contributed by atoms with Crippen molar-refractivity contribution in [2.24, 2.45) is 0 Å². The monoisotopic (exact) mass is 287 g/mol. The van der Waals surface area contributed by atoms with Gasteiger partial charge in [-0.25, -0.2) is 0 Å². The second-order valence-corrected chi connectivity index (χ2v) is 6.56. The van der Waals surface area contributed by atoms with Crippen LogP contribution in [0.25, 0.3) is 0 Å². The van der Waals surface area contributed by atoms with Gasteiger partial charge in [0.1, 0.15) is 0 Å². The highest BCUT2D eigenvalue weighted by Crippen LogP contribution is 2.30. The van der Waals surface area contributed by atoms with Gasteiger partial charge in [0.15, 0.2) is 0 Å². The van der Waals surface area contributed by atoms with Crippen LogP contribution in [0, 0.1) is 0 Å². The van der Waals surface area contributed by atoms with Gasteiger partial charge >= 0.3 is 0 Å². The molecule has 1 aliphatic heterocycles. The molecule has 0 radical (unpaired) electrons. The first kappa shape index (κ1) is 14.4. The van der Waals surface area contributed by atoms with E-state index in [0.717, 1.165) is 23.8 Å². The van der Waals surface area contributed by atoms with Crippen molar-refractivity contribution in [2.75, 3.05) is 18.4 Å². The summed E-state index contributed by atoms with van der Waals surface area (Å²) in [5.41, 5.74) is 1.83. The summed E-state index contributed by atoms with van der Waals surface area (Å²) in [5, 5.41) is 6.50. The number of rotatable bonds is 5. The van der Waals surface area contributed by atoms with E-state index in [0.29, 0.717) is 6.04 Å². The Morgan fingerprint density at radius 3 is 2.52 bits per heavy atom. The Kier molecular flexibility index (Phi) is 4.15. The van der Waals surface area contributed by atoms with E-state index >= 15 is 0 Å². The van der Waals surface area contributed by atoms with E-state index in [2.05, 4.69) is 15.5 Å². The molecule has 1 saturated heterocycles. The van der Waals surface area contributed by atoms with Gasteiger partial charge in [0.05, 0.1) is 0 Å². The fraction of sp³-hybridized carbons (Fsp3) is 0.588. The fourth-order valence-electron chi connectivity index (χ4n) is 2.98. The first-order chi connectivity index (χ1) is 10.1. The Labute approximate surface area is 126 Å². The molecule has 2 aliphatic rings. The summed E-state index contributed by atoms with van der Waals surface area (Å²) < 4.78 is 0. The van der Waals surface area contributed by atoms with Gasteiger partial charge in [0, 0.05) is 42.5 Å². The topological polar surface area (TPSA) is 44.4 Å². The van der Waals surface area contributed by atoms with Crippen LogP contribution in [0.15, 0.2) is 24.3 Å². The number of nitrogens with zero attached hydrogens (tertiary/aromatic N) is 1. The zero-order valence-corrected chi connectivity index (χ0v) is 12.9. The number of likely N-dealkylation sites (tertiary alicyclic amines) is 1. The maximum atomic E-state index is 11.9. The number of hydrogen-bond donors (Lipinski definition) is 2. The molecule has 1 saturated carbocycles. The van der Waals surface area contributed by atoms with Gasteiger partial charge in [-0.1, -0.05) is 0 Å². The molecule has 4 nitrogen and oxygen atoms in total. The SMILES string of the molecule is CC(C)NC(=O)c1ccc(NC2CCN(C3CC3)C2)cc1. The van der Waals surface area contributed by atoms with Crippen LogP contribution in [0.4, 0.5) is 5.69 Å². The second-order valence-electron chi connectivity index (χ2n) is 6.56. The molecule has 21 heavy (non-hydrogen) atoms. The molecule has 114 valence electrons. The van der Waals surface area contributed by atoms with Gasteiger partial charge in [-0.2, -0.15) is 0 Å². The summed E-state index contributed by atoms with van der Waals surface area (Å²) in [7, 11) is 0. The fourth-order valence-corrected chi connectivity index (χ4v) is 2.98. The highest BCUT2D eigenvalue weighted by Gasteiger charge is 2.34. The van der Waals surface area contributed by atoms with E-state index in [1.807, 2.05) is 38.1 Å². The van der Waals surface area contributed by atoms with Crippen LogP contribution in [-0.4, -0.2) is 42.0 Å². The molecule has 4 heteroatoms. The van der Waals surface area contributed by atoms with Crippen LogP contribution in [0.3, 0.4) is 0 Å². The van der Waals surface area contributed by atoms with Crippen LogP contribution >= 0.6 is 0 Å². The molecule has 0 bridgehead atoms. The van der Waals surface area contributed by atoms with Crippen LogP contribution in [0.2, 0.25) is 0 Å². The van der Waals surface area contributed by atoms with Crippen molar-refractivity contribution in [3.8, 4) is 0 Å². The van der Waals surface area contributed by atoms with Crippen molar-refractivity contribution in [1.29, 1.82) is 0 Å². The third-order valence-electron chi connectivity index (χ3n) is 4.22. The summed E-state index contributed by atoms with van der Waals surface area (Å²) in [5.74, 6) is -0.00248. The largest absolute Gasteiger partial charge is 0.381 e. The minimum atomic E-state index is -0.00248. The van der Waals surface area contributed by atoms with E-state index < -0.39 is 0 Å². The van der Waals surface area contributed by atoms with Gasteiger partial charge in [-0.15, -0.1) is 0 Å². The zero-order chi connectivity index (χ0) is 14.8. The van der Waals surface area contributed by atoms with Crippen molar-refractivity contribution in [1.82, 2.24) is 10.2 Å². The molecule has 2 N–H and O–H groups in total. The molecule has 2 fully saturated rings. The van der Waals surface area contributed by atoms with Gasteiger partial charge in [0.25, 0.3) is 5.91 Å². The average molecular weight is 287 g/mol. The normalized spacial score (nSPS) is 22.5. The Balaban J connectivity index is 1.53. The first-order valence-corrected chi connectivity index (χ1v) is 8.03. The van der Waals surface area contributed by atoms with Crippen molar-refractivity contribution in [3.05, 3.63) is 29.8 Å². The van der Waals surface area contributed by atoms with E-state index in [9.17, 15) is 4.79 Å². The number of carbonyl (C=O) groups excluding carboxylic acids is 1. The van der Waals surface area contributed by atoms with E-state index in [-0.39, 0.29) is 11.9 Å². The number of amides is 1. The minimum Gasteiger partial charge on any atom is -0.381 e. The lowest BCUT2D eigenvalue weighted by atomic mass is 10.1. The zero-order valence-electron chi connectivity index (χ0n) is 12.9. The molecule has 1 aromatic rings. The molecular formula is C17H25N3O. The van der Waals surface area contributed by atoms with Crippen LogP contribution in [0.5, 0.6) is 0 Å². The van der Waals surface area contributed by atoms with Gasteiger partial charge < -0.3 is 10.6 Å². The van der Waals surface area contributed by atoms with Crippen molar-refractivity contribution in [3.63, 3.8) is 0 Å². The van der Waals surface area contributed by atoms with Crippen LogP contribution in [-0.2, 0) is 0 Å². The predicted molar refractivity (Wildman–Crippen MR) is 85.7 cm³/mol. The van der Waals surface area contributed by atoms with Crippen molar-refractivity contribution < 1.29 is 4.79 Å². The molecule has 0 spiro atoms. The summed E-state index contributed by atoms with van der Waals surface area (Å²) in [6, 6.07) is 9.38.